The summed E-state index contributed by atoms with van der Waals surface area (Å²) in [6.07, 6.45) is 3.16. The smallest absolute Gasteiger partial charge is 0.0919 e. The van der Waals surface area contributed by atoms with Crippen LogP contribution in [0.15, 0.2) is 11.9 Å². The average Bonchev–Trinajstić information content (AvgIpc) is 1.77. The first-order chi connectivity index (χ1) is 3.79. The number of hydrogen-bond acceptors (Lipinski definition) is 2. The summed E-state index contributed by atoms with van der Waals surface area (Å²) in [5.74, 6) is 1.59. The minimum atomic E-state index is 0.752. The van der Waals surface area contributed by atoms with Gasteiger partial charge in [-0.05, 0) is 18.4 Å². The van der Waals surface area contributed by atoms with E-state index in [1.54, 1.807) is 0 Å². The lowest BCUT2D eigenvalue weighted by Gasteiger charge is -2.17. The third-order valence-corrected chi connectivity index (χ3v) is 1.39. The third-order valence-electron chi connectivity index (χ3n) is 1.39. The summed E-state index contributed by atoms with van der Waals surface area (Å²) < 4.78 is 0. The number of nitrogens with one attached hydrogen (secondary N) is 1. The molecule has 8 heavy (non-hydrogen) atoms. The zero-order chi connectivity index (χ0) is 5.98. The Morgan fingerprint density at radius 2 is 2.62 bits per heavy atom. The molecule has 1 rings (SSSR count). The molecule has 1 aliphatic heterocycles. The molecule has 0 spiro atoms. The Hall–Kier alpha value is -0.660. The summed E-state index contributed by atoms with van der Waals surface area (Å²) in [7, 11) is 0. The summed E-state index contributed by atoms with van der Waals surface area (Å²) in [6.45, 7) is 3.23. The number of allylic oxidation sites excluding steroid dienone is 1. The fourth-order valence-corrected chi connectivity index (χ4v) is 0.776. The minimum Gasteiger partial charge on any atom is -0.386 e. The summed E-state index contributed by atoms with van der Waals surface area (Å²) in [6, 6.07) is 0. The molecular formula is C6H12N2. The van der Waals surface area contributed by atoms with Crippen molar-refractivity contribution in [3.8, 4) is 0 Å². The largest absolute Gasteiger partial charge is 0.386 e. The molecule has 0 aliphatic carbocycles. The van der Waals surface area contributed by atoms with E-state index in [0.717, 1.165) is 24.7 Å². The molecule has 0 aromatic rings. The van der Waals surface area contributed by atoms with E-state index in [2.05, 4.69) is 12.2 Å². The molecular weight excluding hydrogens is 100 g/mol. The van der Waals surface area contributed by atoms with Crippen LogP contribution in [0.4, 0.5) is 0 Å². The van der Waals surface area contributed by atoms with Gasteiger partial charge in [-0.1, -0.05) is 6.92 Å². The summed E-state index contributed by atoms with van der Waals surface area (Å²) in [4.78, 5) is 0. The predicted octanol–water partition coefficient (Wildman–Crippen LogP) is 0.416. The second kappa shape index (κ2) is 2.07. The maximum absolute atomic E-state index is 5.45. The van der Waals surface area contributed by atoms with E-state index in [4.69, 9.17) is 5.73 Å². The number of hydrogen-bond donors (Lipinski definition) is 2. The van der Waals surface area contributed by atoms with E-state index < -0.39 is 0 Å². The predicted molar refractivity (Wildman–Crippen MR) is 34.1 cm³/mol. The monoisotopic (exact) mass is 112 g/mol. The van der Waals surface area contributed by atoms with Gasteiger partial charge in [0.25, 0.3) is 0 Å². The van der Waals surface area contributed by atoms with Crippen molar-refractivity contribution < 1.29 is 0 Å². The van der Waals surface area contributed by atoms with E-state index in [1.807, 2.05) is 6.08 Å². The second-order valence-electron chi connectivity index (χ2n) is 2.38. The first kappa shape index (κ1) is 5.48. The first-order valence-electron chi connectivity index (χ1n) is 2.98. The van der Waals surface area contributed by atoms with Crippen molar-refractivity contribution in [2.75, 3.05) is 6.54 Å². The Morgan fingerprint density at radius 3 is 3.00 bits per heavy atom. The van der Waals surface area contributed by atoms with Gasteiger partial charge >= 0.3 is 0 Å². The molecule has 0 amide bonds. The van der Waals surface area contributed by atoms with Crippen LogP contribution in [0.2, 0.25) is 0 Å². The fraction of sp³-hybridized carbons (Fsp3) is 0.667. The molecule has 0 saturated carbocycles. The van der Waals surface area contributed by atoms with Gasteiger partial charge in [-0.3, -0.25) is 0 Å². The van der Waals surface area contributed by atoms with Gasteiger partial charge in [-0.15, -0.1) is 0 Å². The Morgan fingerprint density at radius 1 is 1.88 bits per heavy atom. The maximum Gasteiger partial charge on any atom is 0.0919 e. The molecule has 0 bridgehead atoms. The van der Waals surface area contributed by atoms with Crippen molar-refractivity contribution in [1.29, 1.82) is 0 Å². The van der Waals surface area contributed by atoms with E-state index in [9.17, 15) is 0 Å². The van der Waals surface area contributed by atoms with Gasteiger partial charge in [-0.2, -0.15) is 0 Å². The van der Waals surface area contributed by atoms with Crippen LogP contribution in [0.1, 0.15) is 13.3 Å². The lowest BCUT2D eigenvalue weighted by molar-refractivity contribution is 0.520. The number of rotatable bonds is 0. The van der Waals surface area contributed by atoms with Crippen LogP contribution in [-0.4, -0.2) is 6.54 Å². The number of nitrogens with two attached hydrogens (primary N) is 1. The van der Waals surface area contributed by atoms with Crippen LogP contribution in [0.25, 0.3) is 0 Å². The summed E-state index contributed by atoms with van der Waals surface area (Å²) in [5.41, 5.74) is 5.45. The maximum atomic E-state index is 5.45. The lowest BCUT2D eigenvalue weighted by atomic mass is 10.1. The quantitative estimate of drug-likeness (QED) is 0.476. The van der Waals surface area contributed by atoms with Gasteiger partial charge in [-0.25, -0.2) is 0 Å². The van der Waals surface area contributed by atoms with Crippen LogP contribution in [-0.2, 0) is 0 Å². The Kier molecular flexibility index (Phi) is 1.42. The highest BCUT2D eigenvalue weighted by atomic mass is 15.0. The van der Waals surface area contributed by atoms with Gasteiger partial charge in [0.05, 0.1) is 5.82 Å². The van der Waals surface area contributed by atoms with Crippen LogP contribution in [0, 0.1) is 5.92 Å². The zero-order valence-electron chi connectivity index (χ0n) is 5.15. The van der Waals surface area contributed by atoms with Crippen molar-refractivity contribution >= 4 is 0 Å². The fourth-order valence-electron chi connectivity index (χ4n) is 0.776. The Bertz CT molecular complexity index is 107. The molecule has 1 atom stereocenters. The average molecular weight is 112 g/mol. The highest BCUT2D eigenvalue weighted by Crippen LogP contribution is 2.06. The molecule has 2 nitrogen and oxygen atoms in total. The van der Waals surface area contributed by atoms with Gasteiger partial charge in [0.1, 0.15) is 0 Å². The van der Waals surface area contributed by atoms with Gasteiger partial charge in [0, 0.05) is 6.54 Å². The highest BCUT2D eigenvalue weighted by Gasteiger charge is 2.04. The van der Waals surface area contributed by atoms with Crippen LogP contribution in [0.3, 0.4) is 0 Å². The van der Waals surface area contributed by atoms with Crippen molar-refractivity contribution in [2.45, 2.75) is 13.3 Å². The van der Waals surface area contributed by atoms with Crippen molar-refractivity contribution in [2.24, 2.45) is 11.7 Å². The zero-order valence-corrected chi connectivity index (χ0v) is 5.15. The molecule has 0 saturated heterocycles. The molecule has 46 valence electrons. The van der Waals surface area contributed by atoms with E-state index in [1.165, 1.54) is 0 Å². The SMILES string of the molecule is CC1CC=C(N)NC1. The van der Waals surface area contributed by atoms with Crippen LogP contribution in [0.5, 0.6) is 0 Å². The Balaban J connectivity index is 2.42. The normalized spacial score (nSPS) is 28.6. The molecule has 0 fully saturated rings. The van der Waals surface area contributed by atoms with Gasteiger partial charge < -0.3 is 11.1 Å². The van der Waals surface area contributed by atoms with E-state index in [-0.39, 0.29) is 0 Å². The molecule has 3 N–H and O–H groups in total. The van der Waals surface area contributed by atoms with Gasteiger partial charge in [0.15, 0.2) is 0 Å². The minimum absolute atomic E-state index is 0.752. The second-order valence-corrected chi connectivity index (χ2v) is 2.38. The molecule has 0 aromatic carbocycles. The molecule has 0 radical (unpaired) electrons. The van der Waals surface area contributed by atoms with Crippen LogP contribution < -0.4 is 11.1 Å². The van der Waals surface area contributed by atoms with Crippen molar-refractivity contribution in [3.63, 3.8) is 0 Å². The lowest BCUT2D eigenvalue weighted by Crippen LogP contribution is -2.28. The summed E-state index contributed by atoms with van der Waals surface area (Å²) in [5, 5.41) is 3.07. The van der Waals surface area contributed by atoms with Gasteiger partial charge in [0.2, 0.25) is 0 Å². The third kappa shape index (κ3) is 1.15. The Labute approximate surface area is 49.8 Å². The molecule has 0 aromatic heterocycles. The highest BCUT2D eigenvalue weighted by molar-refractivity contribution is 4.98. The van der Waals surface area contributed by atoms with Crippen molar-refractivity contribution in [1.82, 2.24) is 5.32 Å². The standard InChI is InChI=1S/C6H12N2/c1-5-2-3-6(7)8-4-5/h3,5,8H,2,4,7H2,1H3. The first-order valence-corrected chi connectivity index (χ1v) is 2.98. The summed E-state index contributed by atoms with van der Waals surface area (Å²) >= 11 is 0. The van der Waals surface area contributed by atoms with E-state index >= 15 is 0 Å². The topological polar surface area (TPSA) is 38.0 Å². The van der Waals surface area contributed by atoms with E-state index in [0.29, 0.717) is 0 Å². The molecule has 1 aliphatic rings. The molecule has 1 heterocycles. The molecule has 1 unspecified atom stereocenters. The van der Waals surface area contributed by atoms with Crippen LogP contribution >= 0.6 is 0 Å². The van der Waals surface area contributed by atoms with Crippen molar-refractivity contribution in [3.05, 3.63) is 11.9 Å². The molecule has 2 heteroatoms.